The first-order valence-corrected chi connectivity index (χ1v) is 5.54. The molecule has 3 nitrogen and oxygen atoms in total. The van der Waals surface area contributed by atoms with Crippen LogP contribution in [-0.4, -0.2) is 14.4 Å². The van der Waals surface area contributed by atoms with Crippen LogP contribution in [0.15, 0.2) is 55.0 Å². The summed E-state index contributed by atoms with van der Waals surface area (Å²) in [6.45, 7) is 0. The fourth-order valence-corrected chi connectivity index (χ4v) is 2.39. The molecule has 17 heavy (non-hydrogen) atoms. The zero-order chi connectivity index (χ0) is 11.2. The molecule has 0 bridgehead atoms. The fraction of sp³-hybridized carbons (Fsp3) is 0. The monoisotopic (exact) mass is 219 g/mol. The second kappa shape index (κ2) is 3.04. The number of hydrogen-bond donors (Lipinski definition) is 0. The van der Waals surface area contributed by atoms with Gasteiger partial charge in [-0.25, -0.2) is 4.98 Å². The Bertz CT molecular complexity index is 776. The van der Waals surface area contributed by atoms with E-state index in [1.807, 2.05) is 36.8 Å². The predicted molar refractivity (Wildman–Crippen MR) is 68.0 cm³/mol. The maximum atomic E-state index is 4.49. The molecule has 0 saturated heterocycles. The Hall–Kier alpha value is -2.42. The van der Waals surface area contributed by atoms with Crippen molar-refractivity contribution < 1.29 is 0 Å². The summed E-state index contributed by atoms with van der Waals surface area (Å²) in [6, 6.07) is 12.2. The van der Waals surface area contributed by atoms with Gasteiger partial charge in [0.2, 0.25) is 0 Å². The van der Waals surface area contributed by atoms with Gasteiger partial charge in [0.15, 0.2) is 0 Å². The Kier molecular flexibility index (Phi) is 1.56. The molecule has 0 aliphatic heterocycles. The highest BCUT2D eigenvalue weighted by Crippen LogP contribution is 2.26. The summed E-state index contributed by atoms with van der Waals surface area (Å²) < 4.78 is 2.11. The molecule has 4 aromatic heterocycles. The molecule has 0 fully saturated rings. The summed E-state index contributed by atoms with van der Waals surface area (Å²) >= 11 is 0. The standard InChI is InChI=1S/C14H9N3/c1-4-10-12-6-3-9-17(12)14-11(5-2-8-16-14)13(10)15-7-1/h1-9H. The topological polar surface area (TPSA) is 30.2 Å². The van der Waals surface area contributed by atoms with E-state index in [-0.39, 0.29) is 0 Å². The molecule has 4 heterocycles. The van der Waals surface area contributed by atoms with Crippen molar-refractivity contribution >= 4 is 27.5 Å². The van der Waals surface area contributed by atoms with Gasteiger partial charge in [0.25, 0.3) is 0 Å². The maximum absolute atomic E-state index is 4.49. The Morgan fingerprint density at radius 1 is 0.824 bits per heavy atom. The largest absolute Gasteiger partial charge is 0.301 e. The fourth-order valence-electron chi connectivity index (χ4n) is 2.39. The minimum Gasteiger partial charge on any atom is -0.301 e. The van der Waals surface area contributed by atoms with Gasteiger partial charge in [-0.2, -0.15) is 0 Å². The first kappa shape index (κ1) is 8.70. The Morgan fingerprint density at radius 2 is 1.65 bits per heavy atom. The molecular formula is C14H9N3. The van der Waals surface area contributed by atoms with Crippen molar-refractivity contribution in [3.63, 3.8) is 0 Å². The maximum Gasteiger partial charge on any atom is 0.146 e. The summed E-state index contributed by atoms with van der Waals surface area (Å²) in [4.78, 5) is 8.94. The van der Waals surface area contributed by atoms with Gasteiger partial charge in [0, 0.05) is 29.4 Å². The van der Waals surface area contributed by atoms with Crippen LogP contribution in [-0.2, 0) is 0 Å². The SMILES string of the molecule is c1cnc2c(c1)c1cccn1c1ncccc21. The molecule has 4 rings (SSSR count). The van der Waals surface area contributed by atoms with Crippen LogP contribution in [0.1, 0.15) is 0 Å². The van der Waals surface area contributed by atoms with Gasteiger partial charge in [-0.15, -0.1) is 0 Å². The molecule has 80 valence electrons. The number of rotatable bonds is 0. The molecule has 0 unspecified atom stereocenters. The van der Waals surface area contributed by atoms with E-state index in [4.69, 9.17) is 0 Å². The molecule has 0 aromatic carbocycles. The van der Waals surface area contributed by atoms with Crippen molar-refractivity contribution in [3.05, 3.63) is 55.0 Å². The lowest BCUT2D eigenvalue weighted by Gasteiger charge is -2.06. The van der Waals surface area contributed by atoms with E-state index in [2.05, 4.69) is 32.6 Å². The van der Waals surface area contributed by atoms with E-state index in [1.54, 1.807) is 0 Å². The molecule has 3 heteroatoms. The smallest absolute Gasteiger partial charge is 0.146 e. The van der Waals surface area contributed by atoms with Crippen LogP contribution in [0.5, 0.6) is 0 Å². The summed E-state index contributed by atoms with van der Waals surface area (Å²) in [5, 5.41) is 2.25. The van der Waals surface area contributed by atoms with Crippen molar-refractivity contribution in [2.45, 2.75) is 0 Å². The second-order valence-electron chi connectivity index (χ2n) is 4.04. The molecule has 0 N–H and O–H groups in total. The first-order valence-electron chi connectivity index (χ1n) is 5.54. The zero-order valence-corrected chi connectivity index (χ0v) is 9.04. The van der Waals surface area contributed by atoms with E-state index in [1.165, 1.54) is 0 Å². The van der Waals surface area contributed by atoms with Gasteiger partial charge < -0.3 is 4.40 Å². The second-order valence-corrected chi connectivity index (χ2v) is 4.04. The molecule has 0 saturated carbocycles. The number of aromatic nitrogens is 3. The van der Waals surface area contributed by atoms with E-state index >= 15 is 0 Å². The van der Waals surface area contributed by atoms with Gasteiger partial charge in [-0.05, 0) is 36.4 Å². The number of fused-ring (bicyclic) bond motifs is 6. The first-order chi connectivity index (χ1) is 8.45. The lowest BCUT2D eigenvalue weighted by molar-refractivity contribution is 1.20. The van der Waals surface area contributed by atoms with Crippen LogP contribution in [0.3, 0.4) is 0 Å². The van der Waals surface area contributed by atoms with Crippen molar-refractivity contribution in [1.82, 2.24) is 14.4 Å². The van der Waals surface area contributed by atoms with Gasteiger partial charge in [-0.3, -0.25) is 4.98 Å². The zero-order valence-electron chi connectivity index (χ0n) is 9.04. The quantitative estimate of drug-likeness (QED) is 0.425. The molecule has 0 aliphatic rings. The van der Waals surface area contributed by atoms with E-state index in [9.17, 15) is 0 Å². The predicted octanol–water partition coefficient (Wildman–Crippen LogP) is 3.04. The third-order valence-electron chi connectivity index (χ3n) is 3.10. The Balaban J connectivity index is 2.48. The van der Waals surface area contributed by atoms with Crippen LogP contribution in [0.2, 0.25) is 0 Å². The Labute approximate surface area is 97.4 Å². The summed E-state index contributed by atoms with van der Waals surface area (Å²) in [7, 11) is 0. The van der Waals surface area contributed by atoms with E-state index in [0.717, 1.165) is 27.5 Å². The van der Waals surface area contributed by atoms with Crippen LogP contribution < -0.4 is 0 Å². The molecule has 0 amide bonds. The lowest BCUT2D eigenvalue weighted by Crippen LogP contribution is -1.92. The average molecular weight is 219 g/mol. The van der Waals surface area contributed by atoms with Crippen LogP contribution >= 0.6 is 0 Å². The molecule has 0 spiro atoms. The normalized spacial score (nSPS) is 11.5. The van der Waals surface area contributed by atoms with Crippen LogP contribution in [0.4, 0.5) is 0 Å². The van der Waals surface area contributed by atoms with Gasteiger partial charge in [-0.1, -0.05) is 0 Å². The number of pyridine rings is 3. The molecule has 0 aliphatic carbocycles. The van der Waals surface area contributed by atoms with Crippen molar-refractivity contribution in [1.29, 1.82) is 0 Å². The third kappa shape index (κ3) is 1.05. The van der Waals surface area contributed by atoms with E-state index < -0.39 is 0 Å². The number of hydrogen-bond acceptors (Lipinski definition) is 2. The molecule has 4 aromatic rings. The highest BCUT2D eigenvalue weighted by Gasteiger charge is 2.08. The lowest BCUT2D eigenvalue weighted by atomic mass is 10.1. The highest BCUT2D eigenvalue weighted by molar-refractivity contribution is 6.09. The summed E-state index contributed by atoms with van der Waals surface area (Å²) in [5.74, 6) is 0. The average Bonchev–Trinajstić information content (AvgIpc) is 2.89. The number of nitrogens with zero attached hydrogens (tertiary/aromatic N) is 3. The van der Waals surface area contributed by atoms with Crippen LogP contribution in [0.25, 0.3) is 27.5 Å². The van der Waals surface area contributed by atoms with Crippen molar-refractivity contribution in [2.24, 2.45) is 0 Å². The van der Waals surface area contributed by atoms with Gasteiger partial charge in [0.1, 0.15) is 5.65 Å². The Morgan fingerprint density at radius 3 is 2.59 bits per heavy atom. The summed E-state index contributed by atoms with van der Waals surface area (Å²) in [5.41, 5.74) is 3.12. The summed E-state index contributed by atoms with van der Waals surface area (Å²) in [6.07, 6.45) is 5.68. The molecule has 0 atom stereocenters. The van der Waals surface area contributed by atoms with Crippen molar-refractivity contribution in [2.75, 3.05) is 0 Å². The molecular weight excluding hydrogens is 210 g/mol. The minimum atomic E-state index is 0.957. The van der Waals surface area contributed by atoms with Gasteiger partial charge >= 0.3 is 0 Å². The van der Waals surface area contributed by atoms with Crippen LogP contribution in [0, 0.1) is 0 Å². The van der Waals surface area contributed by atoms with Crippen molar-refractivity contribution in [3.8, 4) is 0 Å². The van der Waals surface area contributed by atoms with Gasteiger partial charge in [0.05, 0.1) is 11.0 Å². The minimum absolute atomic E-state index is 0.957. The van der Waals surface area contributed by atoms with E-state index in [0.29, 0.717) is 0 Å². The highest BCUT2D eigenvalue weighted by atomic mass is 15.0. The molecule has 0 radical (unpaired) electrons. The third-order valence-corrected chi connectivity index (χ3v) is 3.10.